The fourth-order valence-corrected chi connectivity index (χ4v) is 4.90. The Hall–Kier alpha value is -3.18. The van der Waals surface area contributed by atoms with E-state index in [0.29, 0.717) is 45.0 Å². The fourth-order valence-electron chi connectivity index (χ4n) is 4.90. The monoisotopic (exact) mass is 459 g/mol. The van der Waals surface area contributed by atoms with Crippen molar-refractivity contribution in [2.45, 2.75) is 26.8 Å². The summed E-state index contributed by atoms with van der Waals surface area (Å²) < 4.78 is 15.2. The summed E-state index contributed by atoms with van der Waals surface area (Å²) in [6.45, 7) is 10.2. The lowest BCUT2D eigenvalue weighted by atomic mass is 10.00. The van der Waals surface area contributed by atoms with Gasteiger partial charge in [-0.25, -0.2) is 4.39 Å². The third-order valence-corrected chi connectivity index (χ3v) is 6.85. The maximum absolute atomic E-state index is 15.2. The summed E-state index contributed by atoms with van der Waals surface area (Å²) in [5.74, 6) is -0.0635. The second-order valence-corrected chi connectivity index (χ2v) is 8.83. The first-order valence-corrected chi connectivity index (χ1v) is 12.2. The van der Waals surface area contributed by atoms with E-state index in [4.69, 9.17) is 0 Å². The van der Waals surface area contributed by atoms with Gasteiger partial charge in [0.1, 0.15) is 11.9 Å². The van der Waals surface area contributed by atoms with Crippen molar-refractivity contribution in [3.8, 4) is 11.1 Å². The lowest BCUT2D eigenvalue weighted by Gasteiger charge is -2.41. The Bertz CT molecular complexity index is 1110. The molecule has 1 atom stereocenters. The smallest absolute Gasteiger partial charge is 0.244 e. The highest BCUT2D eigenvalue weighted by atomic mass is 19.1. The highest BCUT2D eigenvalue weighted by Gasteiger charge is 2.33. The zero-order chi connectivity index (χ0) is 24.1. The quantitative estimate of drug-likeness (QED) is 0.465. The van der Waals surface area contributed by atoms with Gasteiger partial charge in [0.15, 0.2) is 0 Å². The molecule has 0 aliphatic carbocycles. The predicted octanol–water partition coefficient (Wildman–Crippen LogP) is 5.53. The molecule has 1 heterocycles. The molecule has 0 bridgehead atoms. The van der Waals surface area contributed by atoms with E-state index in [-0.39, 0.29) is 17.8 Å². The summed E-state index contributed by atoms with van der Waals surface area (Å²) in [6, 6.07) is 23.3. The van der Waals surface area contributed by atoms with Gasteiger partial charge in [-0.15, -0.1) is 0 Å². The van der Waals surface area contributed by atoms with E-state index >= 15 is 4.39 Å². The molecule has 1 amide bonds. The minimum Gasteiger partial charge on any atom is -0.367 e. The number of carbonyl (C=O) groups excluding carboxylic acids is 1. The van der Waals surface area contributed by atoms with Gasteiger partial charge in [-0.05, 0) is 55.2 Å². The lowest BCUT2D eigenvalue weighted by Crippen LogP contribution is -2.51. The zero-order valence-electron chi connectivity index (χ0n) is 20.4. The van der Waals surface area contributed by atoms with Crippen LogP contribution in [0.3, 0.4) is 0 Å². The van der Waals surface area contributed by atoms with E-state index in [1.807, 2.05) is 92.4 Å². The number of likely N-dealkylation sites (N-methyl/N-ethyl adjacent to an activating group) is 1. The van der Waals surface area contributed by atoms with E-state index in [1.165, 1.54) is 0 Å². The maximum atomic E-state index is 15.2. The number of aryl methyl sites for hydroxylation is 1. The van der Waals surface area contributed by atoms with Crippen molar-refractivity contribution in [1.82, 2.24) is 9.80 Å². The molecule has 0 aromatic heterocycles. The van der Waals surface area contributed by atoms with Gasteiger partial charge in [-0.3, -0.25) is 9.69 Å². The summed E-state index contributed by atoms with van der Waals surface area (Å²) >= 11 is 0. The minimum atomic E-state index is -0.309. The van der Waals surface area contributed by atoms with Crippen LogP contribution in [0.4, 0.5) is 10.1 Å². The molecule has 1 aliphatic rings. The third kappa shape index (κ3) is 5.00. The summed E-state index contributed by atoms with van der Waals surface area (Å²) in [5, 5.41) is 0. The van der Waals surface area contributed by atoms with Crippen molar-refractivity contribution in [3.63, 3.8) is 0 Å². The van der Waals surface area contributed by atoms with Gasteiger partial charge in [0.25, 0.3) is 0 Å². The Labute approximate surface area is 202 Å². The SMILES string of the molecule is CCN(CC)C(=O)C(c1ccccc1)N1CCN(c2ccc(-c3ccccc3C)cc2F)CC1. The standard InChI is InChI=1S/C29H34FN3O/c1-4-31(5-2)29(34)28(23-12-7-6-8-13-23)33-19-17-32(18-20-33)27-16-15-24(21-26(27)30)25-14-10-9-11-22(25)3/h6-16,21,28H,4-5,17-20H2,1-3H3. The molecule has 4 nitrogen and oxygen atoms in total. The first-order valence-electron chi connectivity index (χ1n) is 12.2. The molecule has 4 rings (SSSR count). The van der Waals surface area contributed by atoms with E-state index in [9.17, 15) is 4.79 Å². The van der Waals surface area contributed by atoms with Gasteiger partial charge < -0.3 is 9.80 Å². The van der Waals surface area contributed by atoms with Crippen molar-refractivity contribution in [2.75, 3.05) is 44.2 Å². The number of halogens is 1. The summed E-state index contributed by atoms with van der Waals surface area (Å²) in [7, 11) is 0. The normalized spacial score (nSPS) is 15.2. The van der Waals surface area contributed by atoms with Crippen LogP contribution in [0.2, 0.25) is 0 Å². The number of hydrogen-bond acceptors (Lipinski definition) is 3. The highest BCUT2D eigenvalue weighted by Crippen LogP contribution is 2.31. The molecular formula is C29H34FN3O. The Morgan fingerprint density at radius 1 is 0.912 bits per heavy atom. The van der Waals surface area contributed by atoms with E-state index in [0.717, 1.165) is 22.3 Å². The Morgan fingerprint density at radius 3 is 2.18 bits per heavy atom. The molecule has 3 aromatic rings. The zero-order valence-corrected chi connectivity index (χ0v) is 20.4. The Kier molecular flexibility index (Phi) is 7.63. The molecule has 5 heteroatoms. The number of rotatable bonds is 7. The van der Waals surface area contributed by atoms with Gasteiger partial charge in [0.05, 0.1) is 5.69 Å². The molecule has 0 saturated carbocycles. The molecule has 1 fully saturated rings. The van der Waals surface area contributed by atoms with Crippen LogP contribution < -0.4 is 4.90 Å². The van der Waals surface area contributed by atoms with E-state index < -0.39 is 0 Å². The second-order valence-electron chi connectivity index (χ2n) is 8.83. The highest BCUT2D eigenvalue weighted by molar-refractivity contribution is 5.83. The maximum Gasteiger partial charge on any atom is 0.244 e. The van der Waals surface area contributed by atoms with Crippen LogP contribution >= 0.6 is 0 Å². The lowest BCUT2D eigenvalue weighted by molar-refractivity contribution is -0.137. The largest absolute Gasteiger partial charge is 0.367 e. The molecule has 1 saturated heterocycles. The van der Waals surface area contributed by atoms with Gasteiger partial charge >= 0.3 is 0 Å². The molecular weight excluding hydrogens is 425 g/mol. The Balaban J connectivity index is 1.51. The molecule has 178 valence electrons. The van der Waals surface area contributed by atoms with E-state index in [1.54, 1.807) is 6.07 Å². The Morgan fingerprint density at radius 2 is 1.56 bits per heavy atom. The fraction of sp³-hybridized carbons (Fsp3) is 0.345. The van der Waals surface area contributed by atoms with Crippen LogP contribution in [0.25, 0.3) is 11.1 Å². The molecule has 0 spiro atoms. The van der Waals surface area contributed by atoms with Crippen LogP contribution in [0, 0.1) is 12.7 Å². The summed E-state index contributed by atoms with van der Waals surface area (Å²) in [4.78, 5) is 19.7. The van der Waals surface area contributed by atoms with Crippen LogP contribution in [0.1, 0.15) is 31.0 Å². The van der Waals surface area contributed by atoms with Crippen LogP contribution in [-0.2, 0) is 4.79 Å². The molecule has 34 heavy (non-hydrogen) atoms. The topological polar surface area (TPSA) is 26.8 Å². The third-order valence-electron chi connectivity index (χ3n) is 6.85. The van der Waals surface area contributed by atoms with Crippen molar-refractivity contribution in [1.29, 1.82) is 0 Å². The van der Waals surface area contributed by atoms with Gasteiger partial charge in [-0.1, -0.05) is 60.7 Å². The first kappa shape index (κ1) is 24.0. The number of amides is 1. The van der Waals surface area contributed by atoms with Crippen molar-refractivity contribution in [3.05, 3.63) is 89.7 Å². The molecule has 3 aromatic carbocycles. The number of piperazine rings is 1. The molecule has 1 aliphatic heterocycles. The number of hydrogen-bond donors (Lipinski definition) is 0. The van der Waals surface area contributed by atoms with Gasteiger partial charge in [0.2, 0.25) is 5.91 Å². The number of anilines is 1. The number of benzene rings is 3. The number of carbonyl (C=O) groups is 1. The van der Waals surface area contributed by atoms with Gasteiger partial charge in [0, 0.05) is 39.3 Å². The van der Waals surface area contributed by atoms with Crippen LogP contribution in [0.5, 0.6) is 0 Å². The average molecular weight is 460 g/mol. The van der Waals surface area contributed by atoms with E-state index in [2.05, 4.69) is 9.80 Å². The molecule has 1 unspecified atom stereocenters. The molecule has 0 radical (unpaired) electrons. The van der Waals surface area contributed by atoms with Gasteiger partial charge in [-0.2, -0.15) is 0 Å². The van der Waals surface area contributed by atoms with Crippen LogP contribution in [0.15, 0.2) is 72.8 Å². The summed E-state index contributed by atoms with van der Waals surface area (Å²) in [6.07, 6.45) is 0. The van der Waals surface area contributed by atoms with Crippen molar-refractivity contribution >= 4 is 11.6 Å². The average Bonchev–Trinajstić information content (AvgIpc) is 2.86. The molecule has 0 N–H and O–H groups in total. The second kappa shape index (κ2) is 10.8. The van der Waals surface area contributed by atoms with Crippen LogP contribution in [-0.4, -0.2) is 55.0 Å². The minimum absolute atomic E-state index is 0.137. The number of nitrogens with zero attached hydrogens (tertiary/aromatic N) is 3. The predicted molar refractivity (Wildman–Crippen MR) is 137 cm³/mol. The van der Waals surface area contributed by atoms with Crippen molar-refractivity contribution < 1.29 is 9.18 Å². The summed E-state index contributed by atoms with van der Waals surface area (Å²) in [5.41, 5.74) is 4.73. The van der Waals surface area contributed by atoms with Crippen molar-refractivity contribution in [2.24, 2.45) is 0 Å². The first-order chi connectivity index (χ1) is 16.5.